The Hall–Kier alpha value is -4.08. The lowest BCUT2D eigenvalue weighted by atomic mass is 10.1. The minimum atomic E-state index is -0.0838. The van der Waals surface area contributed by atoms with Crippen LogP contribution in [0.2, 0.25) is 0 Å². The Morgan fingerprint density at radius 1 is 0.364 bits per heavy atom. The SMILES string of the molecule is O=c1c2ccccc2c2ccccc2c2sc3c4ccccc4c4ccccc4c(=O)c3c12. The topological polar surface area (TPSA) is 34.1 Å². The highest BCUT2D eigenvalue weighted by Crippen LogP contribution is 2.40. The zero-order chi connectivity index (χ0) is 22.1. The molecule has 0 aliphatic rings. The molecule has 7 rings (SSSR count). The van der Waals surface area contributed by atoms with Crippen molar-refractivity contribution in [3.05, 3.63) is 118 Å². The van der Waals surface area contributed by atoms with Crippen molar-refractivity contribution in [2.24, 2.45) is 0 Å². The Kier molecular flexibility index (Phi) is 3.76. The standard InChI is InChI=1S/C30H16O2S/c31-27-21-13-5-1-9-17(21)19-11-3-7-15-23(19)29-25(27)26-28(32)22-14-6-2-10-18(22)20-12-4-8-16-24(20)30(26)33-29/h1-16H. The molecule has 7 aromatic rings. The van der Waals surface area contributed by atoms with E-state index in [9.17, 15) is 9.59 Å². The van der Waals surface area contributed by atoms with Crippen LogP contribution < -0.4 is 10.9 Å². The highest BCUT2D eigenvalue weighted by molar-refractivity contribution is 7.27. The Balaban J connectivity index is 1.97. The Morgan fingerprint density at radius 3 is 1.00 bits per heavy atom. The van der Waals surface area contributed by atoms with E-state index >= 15 is 0 Å². The molecule has 0 aliphatic heterocycles. The van der Waals surface area contributed by atoms with E-state index in [1.54, 1.807) is 11.3 Å². The second-order valence-corrected chi connectivity index (χ2v) is 9.37. The van der Waals surface area contributed by atoms with Crippen LogP contribution in [0.25, 0.3) is 63.3 Å². The summed E-state index contributed by atoms with van der Waals surface area (Å²) in [6.45, 7) is 0. The molecule has 1 aromatic heterocycles. The molecule has 0 saturated carbocycles. The number of hydrogen-bond donors (Lipinski definition) is 0. The van der Waals surface area contributed by atoms with Gasteiger partial charge in [-0.1, -0.05) is 97.1 Å². The molecule has 2 nitrogen and oxygen atoms in total. The molecule has 6 aromatic carbocycles. The van der Waals surface area contributed by atoms with E-state index in [0.717, 1.165) is 41.7 Å². The number of hydrogen-bond acceptors (Lipinski definition) is 3. The third-order valence-corrected chi connectivity index (χ3v) is 7.89. The lowest BCUT2D eigenvalue weighted by Gasteiger charge is -1.98. The highest BCUT2D eigenvalue weighted by Gasteiger charge is 2.19. The average molecular weight is 441 g/mol. The maximum absolute atomic E-state index is 14.1. The molecule has 0 bridgehead atoms. The van der Waals surface area contributed by atoms with Gasteiger partial charge < -0.3 is 0 Å². The minimum absolute atomic E-state index is 0.0838. The molecule has 0 fully saturated rings. The number of benzene rings is 4. The van der Waals surface area contributed by atoms with Crippen LogP contribution in [-0.4, -0.2) is 0 Å². The van der Waals surface area contributed by atoms with Crippen LogP contribution in [0.3, 0.4) is 0 Å². The first-order valence-corrected chi connectivity index (χ1v) is 11.7. The predicted octanol–water partition coefficient (Wildman–Crippen LogP) is 7.39. The fourth-order valence-electron chi connectivity index (χ4n) is 5.18. The Bertz CT molecular complexity index is 1920. The number of thiophene rings is 1. The molecule has 0 N–H and O–H groups in total. The van der Waals surface area contributed by atoms with Gasteiger partial charge in [-0.3, -0.25) is 9.59 Å². The van der Waals surface area contributed by atoms with Crippen LogP contribution in [0.5, 0.6) is 0 Å². The van der Waals surface area contributed by atoms with Crippen LogP contribution in [0.15, 0.2) is 107 Å². The molecular formula is C30H16O2S. The monoisotopic (exact) mass is 440 g/mol. The van der Waals surface area contributed by atoms with Crippen molar-refractivity contribution < 1.29 is 0 Å². The molecule has 0 aliphatic carbocycles. The maximum Gasteiger partial charge on any atom is 0.195 e. The van der Waals surface area contributed by atoms with Crippen molar-refractivity contribution in [3.8, 4) is 0 Å². The lowest BCUT2D eigenvalue weighted by molar-refractivity contribution is 1.76. The molecule has 0 unspecified atom stereocenters. The molecular weight excluding hydrogens is 424 g/mol. The summed E-state index contributed by atoms with van der Waals surface area (Å²) in [6, 6.07) is 31.7. The molecule has 0 saturated heterocycles. The highest BCUT2D eigenvalue weighted by atomic mass is 32.1. The smallest absolute Gasteiger partial charge is 0.195 e. The molecule has 0 radical (unpaired) electrons. The Labute approximate surface area is 192 Å². The summed E-state index contributed by atoms with van der Waals surface area (Å²) in [5, 5.41) is 8.23. The van der Waals surface area contributed by atoms with Gasteiger partial charge in [0.1, 0.15) is 0 Å². The molecule has 0 spiro atoms. The minimum Gasteiger partial charge on any atom is -0.289 e. The quantitative estimate of drug-likeness (QED) is 0.246. The summed E-state index contributed by atoms with van der Waals surface area (Å²) in [5.41, 5.74) is -0.168. The van der Waals surface area contributed by atoms with E-state index in [1.165, 1.54) is 0 Å². The lowest BCUT2D eigenvalue weighted by Crippen LogP contribution is -2.03. The summed E-state index contributed by atoms with van der Waals surface area (Å²) in [7, 11) is 0. The molecule has 0 atom stereocenters. The average Bonchev–Trinajstić information content (AvgIpc) is 3.19. The fourth-order valence-corrected chi connectivity index (χ4v) is 6.55. The van der Waals surface area contributed by atoms with Crippen LogP contribution in [0, 0.1) is 0 Å². The van der Waals surface area contributed by atoms with Crippen LogP contribution >= 0.6 is 11.3 Å². The van der Waals surface area contributed by atoms with E-state index in [1.807, 2.05) is 72.8 Å². The van der Waals surface area contributed by atoms with Gasteiger partial charge in [0, 0.05) is 30.9 Å². The van der Waals surface area contributed by atoms with Gasteiger partial charge in [0.15, 0.2) is 10.9 Å². The summed E-state index contributed by atoms with van der Waals surface area (Å²) in [4.78, 5) is 28.1. The van der Waals surface area contributed by atoms with Crippen molar-refractivity contribution >= 4 is 74.6 Å². The second kappa shape index (κ2) is 6.71. The van der Waals surface area contributed by atoms with Gasteiger partial charge in [-0.05, 0) is 21.5 Å². The van der Waals surface area contributed by atoms with Crippen molar-refractivity contribution in [1.29, 1.82) is 0 Å². The third kappa shape index (κ3) is 2.43. The van der Waals surface area contributed by atoms with Gasteiger partial charge in [-0.25, -0.2) is 0 Å². The van der Waals surface area contributed by atoms with Gasteiger partial charge >= 0.3 is 0 Å². The number of rotatable bonds is 0. The normalized spacial score (nSPS) is 11.9. The van der Waals surface area contributed by atoms with Crippen LogP contribution in [0.1, 0.15) is 0 Å². The summed E-state index contributed by atoms with van der Waals surface area (Å²) >= 11 is 1.56. The van der Waals surface area contributed by atoms with E-state index in [0.29, 0.717) is 21.5 Å². The van der Waals surface area contributed by atoms with Crippen molar-refractivity contribution in [1.82, 2.24) is 0 Å². The van der Waals surface area contributed by atoms with E-state index in [-0.39, 0.29) is 10.9 Å². The first kappa shape index (κ1) is 18.5. The van der Waals surface area contributed by atoms with E-state index in [2.05, 4.69) is 24.3 Å². The number of fused-ring (bicyclic) bond motifs is 11. The van der Waals surface area contributed by atoms with Crippen molar-refractivity contribution in [2.75, 3.05) is 0 Å². The zero-order valence-corrected chi connectivity index (χ0v) is 18.3. The van der Waals surface area contributed by atoms with Gasteiger partial charge in [-0.15, -0.1) is 11.3 Å². The molecule has 154 valence electrons. The van der Waals surface area contributed by atoms with E-state index in [4.69, 9.17) is 0 Å². The van der Waals surface area contributed by atoms with Crippen molar-refractivity contribution in [2.45, 2.75) is 0 Å². The largest absolute Gasteiger partial charge is 0.289 e. The molecule has 1 heterocycles. The Morgan fingerprint density at radius 2 is 0.636 bits per heavy atom. The predicted molar refractivity (Wildman–Crippen MR) is 142 cm³/mol. The molecule has 3 heteroatoms. The first-order valence-electron chi connectivity index (χ1n) is 10.9. The summed E-state index contributed by atoms with van der Waals surface area (Å²) < 4.78 is 1.75. The van der Waals surface area contributed by atoms with Gasteiger partial charge in [0.2, 0.25) is 0 Å². The molecule has 33 heavy (non-hydrogen) atoms. The first-order chi connectivity index (χ1) is 16.2. The molecule has 0 amide bonds. The van der Waals surface area contributed by atoms with Crippen LogP contribution in [0.4, 0.5) is 0 Å². The van der Waals surface area contributed by atoms with Gasteiger partial charge in [0.05, 0.1) is 10.8 Å². The van der Waals surface area contributed by atoms with Gasteiger partial charge in [-0.2, -0.15) is 0 Å². The maximum atomic E-state index is 14.1. The fraction of sp³-hybridized carbons (Fsp3) is 0. The van der Waals surface area contributed by atoms with Crippen LogP contribution in [-0.2, 0) is 0 Å². The van der Waals surface area contributed by atoms with Crippen molar-refractivity contribution in [3.63, 3.8) is 0 Å². The zero-order valence-electron chi connectivity index (χ0n) is 17.5. The van der Waals surface area contributed by atoms with E-state index < -0.39 is 0 Å². The third-order valence-electron chi connectivity index (χ3n) is 6.63. The second-order valence-electron chi connectivity index (χ2n) is 8.35. The summed E-state index contributed by atoms with van der Waals surface area (Å²) in [5.74, 6) is 0. The summed E-state index contributed by atoms with van der Waals surface area (Å²) in [6.07, 6.45) is 0. The van der Waals surface area contributed by atoms with Gasteiger partial charge in [0.25, 0.3) is 0 Å².